The van der Waals surface area contributed by atoms with E-state index in [1.807, 2.05) is 24.3 Å². The van der Waals surface area contributed by atoms with E-state index in [9.17, 15) is 13.2 Å². The Kier molecular flexibility index (Phi) is 7.52. The van der Waals surface area contributed by atoms with Crippen molar-refractivity contribution in [1.82, 2.24) is 9.73 Å². The molecule has 0 saturated heterocycles. The van der Waals surface area contributed by atoms with Crippen LogP contribution in [0.3, 0.4) is 0 Å². The Labute approximate surface area is 167 Å². The second kappa shape index (κ2) is 9.63. The van der Waals surface area contributed by atoms with Gasteiger partial charge in [-0.3, -0.25) is 4.79 Å². The third kappa shape index (κ3) is 6.78. The molecule has 0 fully saturated rings. The van der Waals surface area contributed by atoms with E-state index in [0.717, 1.165) is 20.6 Å². The molecule has 2 rings (SSSR count). The molecule has 0 aliphatic heterocycles. The Hall–Kier alpha value is -2.23. The Morgan fingerprint density at radius 3 is 2.59 bits per heavy atom. The second-order valence-corrected chi connectivity index (χ2v) is 8.59. The number of sulfonamides is 1. The summed E-state index contributed by atoms with van der Waals surface area (Å²) in [6, 6.07) is 14.4. The highest BCUT2D eigenvalue weighted by Crippen LogP contribution is 2.21. The SMILES string of the molecule is COc1ccc(Br)cc1/C=N\NC(=O)CN(Cc1ccccc1)S(C)(=O)=O. The maximum Gasteiger partial charge on any atom is 0.255 e. The smallest absolute Gasteiger partial charge is 0.255 e. The third-order valence-electron chi connectivity index (χ3n) is 3.58. The minimum absolute atomic E-state index is 0.107. The standard InChI is InChI=1S/C18H20BrN3O4S/c1-26-17-9-8-16(19)10-15(17)11-20-21-18(23)13-22(27(2,24)25)12-14-6-4-3-5-7-14/h3-11H,12-13H2,1-2H3,(H,21,23)/b20-11-. The van der Waals surface area contributed by atoms with Crippen LogP contribution in [0.1, 0.15) is 11.1 Å². The molecule has 1 N–H and O–H groups in total. The lowest BCUT2D eigenvalue weighted by atomic mass is 10.2. The molecule has 0 unspecified atom stereocenters. The molecule has 0 aliphatic rings. The van der Waals surface area contributed by atoms with Crippen LogP contribution in [0.5, 0.6) is 5.75 Å². The zero-order chi connectivity index (χ0) is 19.9. The monoisotopic (exact) mass is 453 g/mol. The number of methoxy groups -OCH3 is 1. The zero-order valence-electron chi connectivity index (χ0n) is 14.9. The van der Waals surface area contributed by atoms with Crippen molar-refractivity contribution in [3.05, 3.63) is 64.1 Å². The van der Waals surface area contributed by atoms with E-state index < -0.39 is 15.9 Å². The molecule has 7 nitrogen and oxygen atoms in total. The van der Waals surface area contributed by atoms with Crippen LogP contribution in [0.25, 0.3) is 0 Å². The van der Waals surface area contributed by atoms with Crippen LogP contribution in [-0.2, 0) is 21.4 Å². The number of hydrogen-bond acceptors (Lipinski definition) is 5. The van der Waals surface area contributed by atoms with Crippen molar-refractivity contribution in [3.8, 4) is 5.75 Å². The highest BCUT2D eigenvalue weighted by Gasteiger charge is 2.20. The summed E-state index contributed by atoms with van der Waals surface area (Å²) < 4.78 is 31.1. The molecule has 27 heavy (non-hydrogen) atoms. The topological polar surface area (TPSA) is 88.1 Å². The summed E-state index contributed by atoms with van der Waals surface area (Å²) in [4.78, 5) is 12.1. The highest BCUT2D eigenvalue weighted by molar-refractivity contribution is 9.10. The van der Waals surface area contributed by atoms with Crippen molar-refractivity contribution in [2.75, 3.05) is 19.9 Å². The van der Waals surface area contributed by atoms with Gasteiger partial charge in [-0.2, -0.15) is 9.41 Å². The summed E-state index contributed by atoms with van der Waals surface area (Å²) in [5.74, 6) is 0.0552. The predicted molar refractivity (Wildman–Crippen MR) is 108 cm³/mol. The van der Waals surface area contributed by atoms with Gasteiger partial charge >= 0.3 is 0 Å². The van der Waals surface area contributed by atoms with Crippen LogP contribution in [-0.4, -0.2) is 44.8 Å². The molecular formula is C18H20BrN3O4S. The third-order valence-corrected chi connectivity index (χ3v) is 5.26. The largest absolute Gasteiger partial charge is 0.496 e. The van der Waals surface area contributed by atoms with Gasteiger partial charge in [-0.1, -0.05) is 46.3 Å². The quantitative estimate of drug-likeness (QED) is 0.490. The molecule has 2 aromatic rings. The molecule has 0 radical (unpaired) electrons. The van der Waals surface area contributed by atoms with Crippen LogP contribution in [0, 0.1) is 0 Å². The Balaban J connectivity index is 2.03. The van der Waals surface area contributed by atoms with E-state index in [2.05, 4.69) is 26.5 Å². The maximum absolute atomic E-state index is 12.1. The number of carbonyl (C=O) groups excluding carboxylic acids is 1. The van der Waals surface area contributed by atoms with Crippen LogP contribution in [0.4, 0.5) is 0 Å². The first kappa shape index (κ1) is 21.1. The van der Waals surface area contributed by atoms with Gasteiger partial charge in [0.15, 0.2) is 0 Å². The fourth-order valence-electron chi connectivity index (χ4n) is 2.25. The highest BCUT2D eigenvalue weighted by atomic mass is 79.9. The van der Waals surface area contributed by atoms with Crippen molar-refractivity contribution in [2.24, 2.45) is 5.10 Å². The van der Waals surface area contributed by atoms with Gasteiger partial charge in [0.05, 0.1) is 26.1 Å². The van der Waals surface area contributed by atoms with Gasteiger partial charge in [0.25, 0.3) is 5.91 Å². The van der Waals surface area contributed by atoms with Crippen molar-refractivity contribution in [2.45, 2.75) is 6.54 Å². The number of hydrazone groups is 1. The summed E-state index contributed by atoms with van der Waals surface area (Å²) >= 11 is 3.35. The lowest BCUT2D eigenvalue weighted by Crippen LogP contribution is -2.38. The van der Waals surface area contributed by atoms with E-state index in [1.165, 1.54) is 13.3 Å². The van der Waals surface area contributed by atoms with Crippen LogP contribution >= 0.6 is 15.9 Å². The number of carbonyl (C=O) groups is 1. The number of benzene rings is 2. The van der Waals surface area contributed by atoms with Crippen molar-refractivity contribution < 1.29 is 17.9 Å². The normalized spacial score (nSPS) is 11.7. The minimum atomic E-state index is -3.56. The second-order valence-electron chi connectivity index (χ2n) is 5.70. The fourth-order valence-corrected chi connectivity index (χ4v) is 3.37. The Bertz CT molecular complexity index is 917. The Morgan fingerprint density at radius 2 is 1.96 bits per heavy atom. The summed E-state index contributed by atoms with van der Waals surface area (Å²) in [7, 11) is -2.02. The molecule has 0 heterocycles. The number of nitrogens with one attached hydrogen (secondary N) is 1. The molecule has 1 amide bonds. The molecule has 0 aliphatic carbocycles. The van der Waals surface area contributed by atoms with Crippen LogP contribution < -0.4 is 10.2 Å². The molecule has 0 atom stereocenters. The van der Waals surface area contributed by atoms with Crippen LogP contribution in [0.15, 0.2) is 58.1 Å². The van der Waals surface area contributed by atoms with E-state index >= 15 is 0 Å². The van der Waals surface area contributed by atoms with Gasteiger partial charge in [-0.05, 0) is 23.8 Å². The predicted octanol–water partition coefficient (Wildman–Crippen LogP) is 2.37. The fraction of sp³-hybridized carbons (Fsp3) is 0.222. The van der Waals surface area contributed by atoms with Crippen molar-refractivity contribution in [1.29, 1.82) is 0 Å². The zero-order valence-corrected chi connectivity index (χ0v) is 17.3. The van der Waals surface area contributed by atoms with Gasteiger partial charge in [0.2, 0.25) is 10.0 Å². The van der Waals surface area contributed by atoms with E-state index in [4.69, 9.17) is 4.74 Å². The molecule has 0 bridgehead atoms. The number of nitrogens with zero attached hydrogens (tertiary/aromatic N) is 2. The molecule has 0 saturated carbocycles. The van der Waals surface area contributed by atoms with Crippen molar-refractivity contribution >= 4 is 38.1 Å². The van der Waals surface area contributed by atoms with Gasteiger partial charge in [-0.15, -0.1) is 0 Å². The number of ether oxygens (including phenoxy) is 1. The van der Waals surface area contributed by atoms with Gasteiger partial charge in [0, 0.05) is 16.6 Å². The van der Waals surface area contributed by atoms with Gasteiger partial charge in [0.1, 0.15) is 5.75 Å². The molecule has 144 valence electrons. The summed E-state index contributed by atoms with van der Waals surface area (Å²) in [6.07, 6.45) is 2.50. The average molecular weight is 454 g/mol. The number of hydrogen-bond donors (Lipinski definition) is 1. The van der Waals surface area contributed by atoms with Gasteiger partial charge in [-0.25, -0.2) is 13.8 Å². The molecule has 9 heteroatoms. The summed E-state index contributed by atoms with van der Waals surface area (Å²) in [5.41, 5.74) is 3.80. The van der Waals surface area contributed by atoms with Gasteiger partial charge < -0.3 is 4.74 Å². The van der Waals surface area contributed by atoms with E-state index in [1.54, 1.807) is 24.3 Å². The number of halogens is 1. The van der Waals surface area contributed by atoms with Crippen molar-refractivity contribution in [3.63, 3.8) is 0 Å². The first-order valence-electron chi connectivity index (χ1n) is 7.94. The van der Waals surface area contributed by atoms with E-state index in [-0.39, 0.29) is 13.1 Å². The first-order chi connectivity index (χ1) is 12.8. The lowest BCUT2D eigenvalue weighted by molar-refractivity contribution is -0.121. The van der Waals surface area contributed by atoms with E-state index in [0.29, 0.717) is 11.3 Å². The molecule has 2 aromatic carbocycles. The van der Waals surface area contributed by atoms with Crippen LogP contribution in [0.2, 0.25) is 0 Å². The molecule has 0 spiro atoms. The number of rotatable bonds is 8. The minimum Gasteiger partial charge on any atom is -0.496 e. The summed E-state index contributed by atoms with van der Waals surface area (Å²) in [6.45, 7) is -0.225. The summed E-state index contributed by atoms with van der Waals surface area (Å²) in [5, 5.41) is 3.89. The first-order valence-corrected chi connectivity index (χ1v) is 10.6. The average Bonchev–Trinajstić information content (AvgIpc) is 2.61. The molecule has 0 aromatic heterocycles. The Morgan fingerprint density at radius 1 is 1.26 bits per heavy atom. The molecular weight excluding hydrogens is 434 g/mol. The maximum atomic E-state index is 12.1. The number of amides is 1. The lowest BCUT2D eigenvalue weighted by Gasteiger charge is -2.18.